The third-order valence-electron chi connectivity index (χ3n) is 5.28. The minimum atomic E-state index is -1.05. The van der Waals surface area contributed by atoms with Gasteiger partial charge in [0.05, 0.1) is 18.0 Å². The molecule has 8 heteroatoms. The van der Waals surface area contributed by atoms with E-state index in [4.69, 9.17) is 16.3 Å². The van der Waals surface area contributed by atoms with Crippen molar-refractivity contribution in [1.29, 1.82) is 0 Å². The first-order chi connectivity index (χ1) is 14.3. The normalized spacial score (nSPS) is 20.5. The fraction of sp³-hybridized carbons (Fsp3) is 0.273. The van der Waals surface area contributed by atoms with E-state index < -0.39 is 29.7 Å². The van der Waals surface area contributed by atoms with E-state index in [9.17, 15) is 14.4 Å². The number of nitrogens with zero attached hydrogens (tertiary/aromatic N) is 3. The molecule has 2 aliphatic heterocycles. The zero-order chi connectivity index (χ0) is 21.6. The summed E-state index contributed by atoms with van der Waals surface area (Å²) in [5.74, 6) is -2.72. The topological polar surface area (TPSA) is 79.3 Å². The molecule has 2 aromatic carbocycles. The molecule has 0 aromatic heterocycles. The Hall–Kier alpha value is -3.19. The van der Waals surface area contributed by atoms with Crippen molar-refractivity contribution in [2.75, 3.05) is 16.5 Å². The van der Waals surface area contributed by atoms with E-state index in [1.807, 2.05) is 25.1 Å². The highest BCUT2D eigenvalue weighted by Crippen LogP contribution is 2.39. The van der Waals surface area contributed by atoms with E-state index in [2.05, 4.69) is 5.10 Å². The van der Waals surface area contributed by atoms with Gasteiger partial charge in [-0.2, -0.15) is 5.10 Å². The van der Waals surface area contributed by atoms with E-state index in [-0.39, 0.29) is 12.3 Å². The molecule has 2 aromatic rings. The van der Waals surface area contributed by atoms with Gasteiger partial charge in [0.2, 0.25) is 5.91 Å². The minimum absolute atomic E-state index is 0.0658. The van der Waals surface area contributed by atoms with E-state index in [0.717, 1.165) is 10.5 Å². The average Bonchev–Trinajstić information content (AvgIpc) is 3.22. The monoisotopic (exact) mass is 425 g/mol. The molecule has 0 N–H and O–H groups in total. The van der Waals surface area contributed by atoms with Crippen LogP contribution in [0.2, 0.25) is 5.02 Å². The Kier molecular flexibility index (Phi) is 5.07. The third kappa shape index (κ3) is 3.06. The number of anilines is 2. The number of carbonyl (C=O) groups excluding carboxylic acids is 3. The molecule has 0 spiro atoms. The summed E-state index contributed by atoms with van der Waals surface area (Å²) in [7, 11) is 0. The third-order valence-corrected chi connectivity index (χ3v) is 5.69. The van der Waals surface area contributed by atoms with Gasteiger partial charge >= 0.3 is 5.97 Å². The molecule has 2 aliphatic rings. The number of hydrogen-bond donors (Lipinski definition) is 0. The molecule has 2 heterocycles. The number of halogens is 1. The molecule has 0 radical (unpaired) electrons. The highest BCUT2D eigenvalue weighted by Gasteiger charge is 2.59. The Morgan fingerprint density at radius 2 is 1.87 bits per heavy atom. The van der Waals surface area contributed by atoms with Gasteiger partial charge in [-0.3, -0.25) is 14.6 Å². The molecule has 1 saturated heterocycles. The maximum Gasteiger partial charge on any atom is 0.355 e. The zero-order valence-corrected chi connectivity index (χ0v) is 17.5. The lowest BCUT2D eigenvalue weighted by Crippen LogP contribution is -2.39. The van der Waals surface area contributed by atoms with E-state index >= 15 is 0 Å². The van der Waals surface area contributed by atoms with Gasteiger partial charge in [0.1, 0.15) is 12.0 Å². The molecule has 2 amide bonds. The maximum atomic E-state index is 13.5. The molecule has 2 atom stereocenters. The van der Waals surface area contributed by atoms with Crippen LogP contribution >= 0.6 is 11.6 Å². The predicted molar refractivity (Wildman–Crippen MR) is 114 cm³/mol. The van der Waals surface area contributed by atoms with Gasteiger partial charge in [-0.25, -0.2) is 9.69 Å². The smallest absolute Gasteiger partial charge is 0.355 e. The molecule has 4 rings (SSSR count). The number of hydrogen-bond acceptors (Lipinski definition) is 6. The van der Waals surface area contributed by atoms with Gasteiger partial charge in [0.25, 0.3) is 5.91 Å². The maximum absolute atomic E-state index is 13.5. The first-order valence-corrected chi connectivity index (χ1v) is 9.97. The van der Waals surface area contributed by atoms with Crippen LogP contribution in [0.4, 0.5) is 11.4 Å². The van der Waals surface area contributed by atoms with Crippen LogP contribution in [-0.4, -0.2) is 36.1 Å². The van der Waals surface area contributed by atoms with Crippen LogP contribution in [0.5, 0.6) is 0 Å². The number of carbonyl (C=O) groups is 3. The summed E-state index contributed by atoms with van der Waals surface area (Å²) in [4.78, 5) is 40.5. The molecular formula is C22H20ClN3O4. The Balaban J connectivity index is 1.83. The number of benzene rings is 2. The average molecular weight is 426 g/mol. The van der Waals surface area contributed by atoms with Gasteiger partial charge in [0.15, 0.2) is 5.71 Å². The Labute approximate surface area is 178 Å². The van der Waals surface area contributed by atoms with E-state index in [1.165, 1.54) is 5.01 Å². The molecule has 0 aliphatic carbocycles. The second kappa shape index (κ2) is 7.57. The number of amides is 2. The molecule has 0 saturated carbocycles. The summed E-state index contributed by atoms with van der Waals surface area (Å²) < 4.78 is 5.11. The number of rotatable bonds is 4. The number of fused-ring (bicyclic) bond motifs is 1. The van der Waals surface area contributed by atoms with Crippen LogP contribution in [0, 0.1) is 19.8 Å². The van der Waals surface area contributed by atoms with Crippen molar-refractivity contribution in [3.63, 3.8) is 0 Å². The SMILES string of the molecule is CCOC(=O)C1=NN(c2cccc(C)c2)[C@@H]2C(=O)N(c3cccc(Cl)c3C)C(=O)[C@@H]12. The highest BCUT2D eigenvalue weighted by molar-refractivity contribution is 6.47. The second-order valence-electron chi connectivity index (χ2n) is 7.21. The van der Waals surface area contributed by atoms with Crippen LogP contribution in [-0.2, 0) is 19.1 Å². The van der Waals surface area contributed by atoms with Crippen LogP contribution in [0.3, 0.4) is 0 Å². The van der Waals surface area contributed by atoms with Crippen LogP contribution in [0.1, 0.15) is 18.1 Å². The number of hydrazone groups is 1. The highest BCUT2D eigenvalue weighted by atomic mass is 35.5. The molecule has 30 heavy (non-hydrogen) atoms. The van der Waals surface area contributed by atoms with Gasteiger partial charge in [0, 0.05) is 5.02 Å². The van der Waals surface area contributed by atoms with Crippen molar-refractivity contribution in [2.45, 2.75) is 26.8 Å². The lowest BCUT2D eigenvalue weighted by atomic mass is 9.97. The summed E-state index contributed by atoms with van der Waals surface area (Å²) in [6.45, 7) is 5.46. The number of aryl methyl sites for hydroxylation is 1. The van der Waals surface area contributed by atoms with E-state index in [0.29, 0.717) is 22.0 Å². The lowest BCUT2D eigenvalue weighted by molar-refractivity contribution is -0.136. The van der Waals surface area contributed by atoms with Gasteiger partial charge in [-0.15, -0.1) is 0 Å². The van der Waals surface area contributed by atoms with Crippen LogP contribution in [0.25, 0.3) is 0 Å². The van der Waals surface area contributed by atoms with Crippen molar-refractivity contribution in [2.24, 2.45) is 11.0 Å². The summed E-state index contributed by atoms with van der Waals surface area (Å²) in [6, 6.07) is 11.4. The summed E-state index contributed by atoms with van der Waals surface area (Å²) in [6.07, 6.45) is 0. The molecule has 7 nitrogen and oxygen atoms in total. The van der Waals surface area contributed by atoms with Crippen LogP contribution < -0.4 is 9.91 Å². The fourth-order valence-electron chi connectivity index (χ4n) is 3.85. The summed E-state index contributed by atoms with van der Waals surface area (Å²) in [5, 5.41) is 6.25. The first kappa shape index (κ1) is 20.1. The van der Waals surface area contributed by atoms with Gasteiger partial charge in [-0.1, -0.05) is 29.8 Å². The van der Waals surface area contributed by atoms with E-state index in [1.54, 1.807) is 38.1 Å². The Morgan fingerprint density at radius 3 is 2.57 bits per heavy atom. The molecule has 0 bridgehead atoms. The van der Waals surface area contributed by atoms with Crippen molar-refractivity contribution in [3.05, 3.63) is 58.6 Å². The quantitative estimate of drug-likeness (QED) is 0.555. The number of ether oxygens (including phenoxy) is 1. The van der Waals surface area contributed by atoms with Crippen molar-refractivity contribution in [1.82, 2.24) is 0 Å². The minimum Gasteiger partial charge on any atom is -0.461 e. The van der Waals surface area contributed by atoms with Gasteiger partial charge in [-0.05, 0) is 56.2 Å². The van der Waals surface area contributed by atoms with Gasteiger partial charge < -0.3 is 4.74 Å². The standard InChI is InChI=1S/C22H20ClN3O4/c1-4-30-22(29)18-17-19(26(24-18)14-8-5-7-12(2)11-14)21(28)25(20(17)27)16-10-6-9-15(23)13(16)3/h5-11,17,19H,4H2,1-3H3/t17-,19-/m0/s1. The Morgan fingerprint density at radius 1 is 1.13 bits per heavy atom. The number of imide groups is 1. The van der Waals surface area contributed by atoms with Crippen molar-refractivity contribution >= 4 is 46.5 Å². The number of esters is 1. The second-order valence-corrected chi connectivity index (χ2v) is 7.61. The predicted octanol–water partition coefficient (Wildman–Crippen LogP) is 3.25. The largest absolute Gasteiger partial charge is 0.461 e. The lowest BCUT2D eigenvalue weighted by Gasteiger charge is -2.23. The fourth-order valence-corrected chi connectivity index (χ4v) is 4.02. The van der Waals surface area contributed by atoms with Crippen molar-refractivity contribution in [3.8, 4) is 0 Å². The first-order valence-electron chi connectivity index (χ1n) is 9.59. The Bertz CT molecular complexity index is 1100. The summed E-state index contributed by atoms with van der Waals surface area (Å²) in [5.41, 5.74) is 2.53. The summed E-state index contributed by atoms with van der Waals surface area (Å²) >= 11 is 6.21. The molecule has 0 unspecified atom stereocenters. The van der Waals surface area contributed by atoms with Crippen LogP contribution in [0.15, 0.2) is 47.6 Å². The molecule has 154 valence electrons. The zero-order valence-electron chi connectivity index (χ0n) is 16.8. The van der Waals surface area contributed by atoms with Crippen molar-refractivity contribution < 1.29 is 19.1 Å². The molecule has 1 fully saturated rings. The molecular weight excluding hydrogens is 406 g/mol.